The molecule has 16 heteroatoms. The number of aromatic nitrogens is 4. The Morgan fingerprint density at radius 3 is 2.59 bits per heavy atom. The van der Waals surface area contributed by atoms with E-state index in [4.69, 9.17) is 9.84 Å². The van der Waals surface area contributed by atoms with Crippen LogP contribution in [0.4, 0.5) is 19.0 Å². The molecule has 0 amide bonds. The number of hydrogen-bond acceptors (Lipinski definition) is 9. The molecule has 1 saturated carbocycles. The molecule has 1 fully saturated rings. The fourth-order valence-electron chi connectivity index (χ4n) is 5.82. The number of aliphatic hydroxyl groups excluding tert-OH is 1. The lowest BCUT2D eigenvalue weighted by Gasteiger charge is -2.25. The topological polar surface area (TPSA) is 159 Å². The van der Waals surface area contributed by atoms with Gasteiger partial charge < -0.3 is 20.3 Å². The molecular weight excluding hydrogens is 629 g/mol. The third-order valence-corrected chi connectivity index (χ3v) is 10.2. The lowest BCUT2D eigenvalue weighted by Crippen LogP contribution is -2.38. The van der Waals surface area contributed by atoms with Crippen molar-refractivity contribution in [1.29, 1.82) is 0 Å². The van der Waals surface area contributed by atoms with E-state index in [2.05, 4.69) is 20.5 Å². The minimum atomic E-state index is -4.73. The van der Waals surface area contributed by atoms with Crippen LogP contribution in [0.25, 0.3) is 5.65 Å². The van der Waals surface area contributed by atoms with E-state index in [1.165, 1.54) is 28.7 Å². The molecule has 1 aliphatic heterocycles. The molecule has 1 spiro atoms. The smallest absolute Gasteiger partial charge is 0.452 e. The number of alkyl halides is 3. The number of aryl methyl sites for hydroxylation is 2. The first-order chi connectivity index (χ1) is 21.7. The summed E-state index contributed by atoms with van der Waals surface area (Å²) in [5, 5.41) is 28.9. The highest BCUT2D eigenvalue weighted by Gasteiger charge is 2.52. The number of halogens is 3. The average molecular weight is 661 g/mol. The minimum Gasteiger partial charge on any atom is -0.481 e. The van der Waals surface area contributed by atoms with Gasteiger partial charge in [0.05, 0.1) is 19.6 Å². The molecule has 0 unspecified atom stereocenters. The number of carboxylic acid groups (broad SMARTS) is 1. The van der Waals surface area contributed by atoms with Gasteiger partial charge in [0, 0.05) is 25.2 Å². The number of hydrogen-bond donors (Lipinski definition) is 3. The van der Waals surface area contributed by atoms with Crippen molar-refractivity contribution in [2.24, 2.45) is 0 Å². The maximum Gasteiger partial charge on any atom is 0.452 e. The van der Waals surface area contributed by atoms with Crippen LogP contribution < -0.4 is 10.1 Å². The second kappa shape index (κ2) is 11.5. The Morgan fingerprint density at radius 2 is 1.91 bits per heavy atom. The van der Waals surface area contributed by atoms with Gasteiger partial charge in [-0.2, -0.15) is 22.5 Å². The van der Waals surface area contributed by atoms with Gasteiger partial charge in [-0.3, -0.25) is 9.20 Å². The fourth-order valence-corrected chi connectivity index (χ4v) is 7.36. The average Bonchev–Trinajstić information content (AvgIpc) is 3.60. The van der Waals surface area contributed by atoms with E-state index in [1.807, 2.05) is 6.92 Å². The number of carbonyl (C=O) groups is 1. The number of aliphatic carboxylic acids is 1. The second-order valence-electron chi connectivity index (χ2n) is 11.7. The molecule has 0 saturated heterocycles. The molecule has 244 valence electrons. The monoisotopic (exact) mass is 660 g/mol. The maximum absolute atomic E-state index is 14.0. The van der Waals surface area contributed by atoms with Crippen LogP contribution in [0.2, 0.25) is 0 Å². The number of aliphatic hydroxyl groups is 1. The molecule has 3 N–H and O–H groups in total. The Labute approximate surface area is 261 Å². The molecule has 1 aromatic carbocycles. The predicted molar refractivity (Wildman–Crippen MR) is 158 cm³/mol. The summed E-state index contributed by atoms with van der Waals surface area (Å²) in [5.74, 6) is -2.72. The van der Waals surface area contributed by atoms with Crippen molar-refractivity contribution in [2.45, 2.75) is 62.2 Å². The molecule has 0 bridgehead atoms. The van der Waals surface area contributed by atoms with Gasteiger partial charge in [-0.05, 0) is 72.7 Å². The van der Waals surface area contributed by atoms with E-state index in [9.17, 15) is 31.5 Å². The zero-order chi connectivity index (χ0) is 33.0. The molecule has 1 aliphatic carbocycles. The van der Waals surface area contributed by atoms with Gasteiger partial charge in [0.25, 0.3) is 0 Å². The number of benzene rings is 1. The van der Waals surface area contributed by atoms with Gasteiger partial charge in [-0.15, -0.1) is 10.2 Å². The van der Waals surface area contributed by atoms with Gasteiger partial charge in [0.2, 0.25) is 21.7 Å². The minimum absolute atomic E-state index is 0.0111. The van der Waals surface area contributed by atoms with Gasteiger partial charge in [-0.1, -0.05) is 18.2 Å². The molecular formula is C30H31F3N6O6S. The molecule has 2 aliphatic rings. The molecule has 6 rings (SSSR count). The Morgan fingerprint density at radius 1 is 1.15 bits per heavy atom. The number of rotatable bonds is 9. The van der Waals surface area contributed by atoms with Crippen LogP contribution in [0.15, 0.2) is 47.5 Å². The highest BCUT2D eigenvalue weighted by molar-refractivity contribution is 7.89. The molecule has 4 aromatic rings. The van der Waals surface area contributed by atoms with Crippen LogP contribution in [-0.4, -0.2) is 73.8 Å². The van der Waals surface area contributed by atoms with Crippen molar-refractivity contribution in [3.05, 3.63) is 76.2 Å². The van der Waals surface area contributed by atoms with Crippen LogP contribution in [0.1, 0.15) is 58.8 Å². The first-order valence-corrected chi connectivity index (χ1v) is 15.9. The normalized spacial score (nSPS) is 17.7. The lowest BCUT2D eigenvalue weighted by molar-refractivity contribution is -0.145. The maximum atomic E-state index is 14.0. The van der Waals surface area contributed by atoms with E-state index >= 15 is 0 Å². The zero-order valence-electron chi connectivity index (χ0n) is 24.9. The van der Waals surface area contributed by atoms with E-state index in [1.54, 1.807) is 25.1 Å². The van der Waals surface area contributed by atoms with Crippen molar-refractivity contribution in [2.75, 3.05) is 25.0 Å². The molecule has 0 radical (unpaired) electrons. The summed E-state index contributed by atoms with van der Waals surface area (Å²) in [5.41, 5.74) is 1.98. The number of pyridine rings is 2. The number of anilines is 1. The SMILES string of the molecule is Cc1ccc([C@H](CC(=O)O)c2ccn3c(C(F)(F)F)nnc3c2C)cc1CN1CC2(CC2)Oc2nc(NCCO)ccc2S1(=O)=O. The van der Waals surface area contributed by atoms with E-state index in [0.29, 0.717) is 40.9 Å². The van der Waals surface area contributed by atoms with E-state index in [0.717, 1.165) is 9.96 Å². The highest BCUT2D eigenvalue weighted by atomic mass is 32.2. The van der Waals surface area contributed by atoms with Crippen molar-refractivity contribution in [1.82, 2.24) is 23.9 Å². The summed E-state index contributed by atoms with van der Waals surface area (Å²) >= 11 is 0. The number of ether oxygens (including phenoxy) is 1. The number of sulfonamides is 1. The summed E-state index contributed by atoms with van der Waals surface area (Å²) in [6.07, 6.45) is -2.65. The Bertz CT molecular complexity index is 1940. The summed E-state index contributed by atoms with van der Waals surface area (Å²) in [4.78, 5) is 16.3. The third-order valence-electron chi connectivity index (χ3n) is 8.44. The Balaban J connectivity index is 1.37. The number of carboxylic acids is 1. The van der Waals surface area contributed by atoms with Gasteiger partial charge in [0.15, 0.2) is 5.65 Å². The van der Waals surface area contributed by atoms with Crippen LogP contribution in [0.5, 0.6) is 5.88 Å². The molecule has 1 atom stereocenters. The van der Waals surface area contributed by atoms with E-state index in [-0.39, 0.29) is 49.1 Å². The lowest BCUT2D eigenvalue weighted by atomic mass is 9.85. The largest absolute Gasteiger partial charge is 0.481 e. The molecule has 3 aromatic heterocycles. The first-order valence-electron chi connectivity index (χ1n) is 14.5. The van der Waals surface area contributed by atoms with Crippen LogP contribution in [-0.2, 0) is 27.5 Å². The van der Waals surface area contributed by atoms with Crippen molar-refractivity contribution in [3.8, 4) is 5.88 Å². The van der Waals surface area contributed by atoms with Gasteiger partial charge in [0.1, 0.15) is 16.3 Å². The predicted octanol–water partition coefficient (Wildman–Crippen LogP) is 3.89. The number of nitrogens with one attached hydrogen (secondary N) is 1. The highest BCUT2D eigenvalue weighted by Crippen LogP contribution is 2.46. The summed E-state index contributed by atoms with van der Waals surface area (Å²) in [6, 6.07) is 9.63. The number of fused-ring (bicyclic) bond motifs is 2. The summed E-state index contributed by atoms with van der Waals surface area (Å²) in [7, 11) is -4.08. The fraction of sp³-hybridized carbons (Fsp3) is 0.400. The quantitative estimate of drug-likeness (QED) is 0.241. The van der Waals surface area contributed by atoms with Crippen molar-refractivity contribution in [3.63, 3.8) is 0 Å². The molecule has 4 heterocycles. The van der Waals surface area contributed by atoms with Crippen molar-refractivity contribution >= 4 is 27.5 Å². The Hall–Kier alpha value is -4.28. The zero-order valence-corrected chi connectivity index (χ0v) is 25.7. The van der Waals surface area contributed by atoms with E-state index < -0.39 is 39.5 Å². The Kier molecular flexibility index (Phi) is 7.93. The molecule has 46 heavy (non-hydrogen) atoms. The second-order valence-corrected chi connectivity index (χ2v) is 13.6. The van der Waals surface area contributed by atoms with Gasteiger partial charge >= 0.3 is 12.1 Å². The van der Waals surface area contributed by atoms with Crippen molar-refractivity contribution < 1.29 is 41.3 Å². The standard InChI is InChI=1S/C30H31F3N6O6S/c1-17-3-4-19(22(14-25(41)42)21-7-11-39-26(18(21)2)36-37-28(39)30(31,32)33)13-20(17)15-38-16-29(8-9-29)45-27-23(46(38,43)44)5-6-24(35-27)34-10-12-40/h3-7,11,13,22,40H,8-10,12,14-16H2,1-2H3,(H,34,35)(H,41,42)/t22-/m0/s1. The van der Waals surface area contributed by atoms with Crippen LogP contribution >= 0.6 is 0 Å². The van der Waals surface area contributed by atoms with Crippen LogP contribution in [0, 0.1) is 13.8 Å². The van der Waals surface area contributed by atoms with Crippen LogP contribution in [0.3, 0.4) is 0 Å². The third kappa shape index (κ3) is 5.87. The summed E-state index contributed by atoms with van der Waals surface area (Å²) in [6.45, 7) is 3.54. The molecule has 12 nitrogen and oxygen atoms in total. The first kappa shape index (κ1) is 31.7. The van der Waals surface area contributed by atoms with Gasteiger partial charge in [-0.25, -0.2) is 8.42 Å². The number of nitrogens with zero attached hydrogens (tertiary/aromatic N) is 5. The summed E-state index contributed by atoms with van der Waals surface area (Å²) < 4.78 is 76.7.